The van der Waals surface area contributed by atoms with Gasteiger partial charge in [0.1, 0.15) is 11.0 Å². The third-order valence-corrected chi connectivity index (χ3v) is 4.35. The molecule has 0 saturated carbocycles. The largest absolute Gasteiger partial charge is 0.322 e. The molecule has 0 bridgehead atoms. The first kappa shape index (κ1) is 17.2. The van der Waals surface area contributed by atoms with E-state index in [0.717, 1.165) is 6.07 Å². The van der Waals surface area contributed by atoms with E-state index in [2.05, 4.69) is 15.3 Å². The lowest BCUT2D eigenvalue weighted by molar-refractivity contribution is 0.102. The first-order valence-electron chi connectivity index (χ1n) is 6.80. The Morgan fingerprint density at radius 3 is 2.68 bits per heavy atom. The van der Waals surface area contributed by atoms with Crippen LogP contribution >= 0.6 is 11.6 Å². The lowest BCUT2D eigenvalue weighted by Crippen LogP contribution is -2.16. The van der Waals surface area contributed by atoms with Gasteiger partial charge < -0.3 is 5.32 Å². The maximum Gasteiger partial charge on any atom is 0.258 e. The molecule has 1 amide bonds. The molecule has 3 aromatic rings. The van der Waals surface area contributed by atoms with Crippen molar-refractivity contribution in [3.8, 4) is 0 Å². The number of rotatable bonds is 3. The van der Waals surface area contributed by atoms with Gasteiger partial charge in [-0.15, -0.1) is 0 Å². The number of nitrogens with zero attached hydrogens (tertiary/aromatic N) is 2. The Labute approximate surface area is 146 Å². The van der Waals surface area contributed by atoms with Gasteiger partial charge >= 0.3 is 0 Å². The Morgan fingerprint density at radius 1 is 1.20 bits per heavy atom. The van der Waals surface area contributed by atoms with E-state index in [0.29, 0.717) is 10.9 Å². The van der Waals surface area contributed by atoms with E-state index in [1.54, 1.807) is 0 Å². The topological polar surface area (TPSA) is 115 Å². The molecular formula is C15H10ClFN4O3S. The van der Waals surface area contributed by atoms with Gasteiger partial charge in [0.05, 0.1) is 11.1 Å². The van der Waals surface area contributed by atoms with E-state index in [4.69, 9.17) is 16.7 Å². The standard InChI is InChI=1S/C15H10ClFN4O3S/c16-14-11(6-8-5-9(17)1-2-12(8)21-14)15(22)20-10-3-4-19-13(7-10)25(18,23)24/h1-7H,(H2,18,23,24)(H,19,20,22). The number of hydrogen-bond donors (Lipinski definition) is 2. The number of carbonyl (C=O) groups excluding carboxylic acids is 1. The molecular weight excluding hydrogens is 371 g/mol. The van der Waals surface area contributed by atoms with Crippen LogP contribution in [0.1, 0.15) is 10.4 Å². The maximum atomic E-state index is 13.3. The van der Waals surface area contributed by atoms with Crippen molar-refractivity contribution in [3.05, 3.63) is 59.1 Å². The summed E-state index contributed by atoms with van der Waals surface area (Å²) < 4.78 is 36.0. The zero-order valence-corrected chi connectivity index (χ0v) is 14.0. The van der Waals surface area contributed by atoms with Gasteiger partial charge in [-0.25, -0.2) is 27.9 Å². The third kappa shape index (κ3) is 3.73. The fourth-order valence-corrected chi connectivity index (χ4v) is 2.85. The van der Waals surface area contributed by atoms with Crippen molar-refractivity contribution in [3.63, 3.8) is 0 Å². The third-order valence-electron chi connectivity index (χ3n) is 3.26. The van der Waals surface area contributed by atoms with Crippen LogP contribution < -0.4 is 10.5 Å². The van der Waals surface area contributed by atoms with E-state index in [1.807, 2.05) is 0 Å². The quantitative estimate of drug-likeness (QED) is 0.676. The number of primary sulfonamides is 1. The number of halogens is 2. The minimum atomic E-state index is -4.01. The molecule has 0 aliphatic heterocycles. The number of aromatic nitrogens is 2. The van der Waals surface area contributed by atoms with Crippen molar-refractivity contribution in [2.75, 3.05) is 5.32 Å². The summed E-state index contributed by atoms with van der Waals surface area (Å²) in [7, 11) is -4.01. The highest BCUT2D eigenvalue weighted by Gasteiger charge is 2.16. The highest BCUT2D eigenvalue weighted by atomic mass is 35.5. The van der Waals surface area contributed by atoms with Crippen molar-refractivity contribution in [2.24, 2.45) is 5.14 Å². The van der Waals surface area contributed by atoms with Crippen molar-refractivity contribution in [2.45, 2.75) is 5.03 Å². The van der Waals surface area contributed by atoms with Crippen molar-refractivity contribution >= 4 is 44.1 Å². The highest BCUT2D eigenvalue weighted by Crippen LogP contribution is 2.22. The molecule has 0 aliphatic carbocycles. The molecule has 0 saturated heterocycles. The minimum Gasteiger partial charge on any atom is -0.322 e. The van der Waals surface area contributed by atoms with Gasteiger partial charge in [-0.05, 0) is 30.3 Å². The SMILES string of the molecule is NS(=O)(=O)c1cc(NC(=O)c2cc3cc(F)ccc3nc2Cl)ccn1. The molecule has 2 heterocycles. The Bertz CT molecular complexity index is 1110. The Hall–Kier alpha value is -2.62. The monoisotopic (exact) mass is 380 g/mol. The van der Waals surface area contributed by atoms with Crippen LogP contribution in [0.4, 0.5) is 10.1 Å². The van der Waals surface area contributed by atoms with Gasteiger partial charge in [0.2, 0.25) is 0 Å². The lowest BCUT2D eigenvalue weighted by Gasteiger charge is -2.08. The zero-order chi connectivity index (χ0) is 18.2. The molecule has 128 valence electrons. The number of nitrogens with one attached hydrogen (secondary N) is 1. The van der Waals surface area contributed by atoms with Crippen LogP contribution in [0.5, 0.6) is 0 Å². The fourth-order valence-electron chi connectivity index (χ4n) is 2.12. The van der Waals surface area contributed by atoms with E-state index in [-0.39, 0.29) is 16.4 Å². The predicted octanol–water partition coefficient (Wildman–Crippen LogP) is 2.32. The van der Waals surface area contributed by atoms with E-state index < -0.39 is 26.8 Å². The molecule has 3 N–H and O–H groups in total. The van der Waals surface area contributed by atoms with Crippen molar-refractivity contribution in [1.29, 1.82) is 0 Å². The molecule has 0 fully saturated rings. The first-order valence-corrected chi connectivity index (χ1v) is 8.72. The second-order valence-corrected chi connectivity index (χ2v) is 6.91. The molecule has 3 rings (SSSR count). The van der Waals surface area contributed by atoms with Crippen LogP contribution in [0.2, 0.25) is 5.15 Å². The van der Waals surface area contributed by atoms with Crippen molar-refractivity contribution in [1.82, 2.24) is 9.97 Å². The van der Waals surface area contributed by atoms with Crippen LogP contribution in [0.3, 0.4) is 0 Å². The summed E-state index contributed by atoms with van der Waals surface area (Å²) in [6.07, 6.45) is 1.19. The smallest absolute Gasteiger partial charge is 0.258 e. The van der Waals surface area contributed by atoms with Crippen LogP contribution in [0.15, 0.2) is 47.6 Å². The molecule has 0 unspecified atom stereocenters. The first-order chi connectivity index (χ1) is 11.7. The number of pyridine rings is 2. The number of fused-ring (bicyclic) bond motifs is 1. The molecule has 7 nitrogen and oxygen atoms in total. The summed E-state index contributed by atoms with van der Waals surface area (Å²) >= 11 is 6.01. The highest BCUT2D eigenvalue weighted by molar-refractivity contribution is 7.89. The second-order valence-electron chi connectivity index (χ2n) is 5.05. The number of anilines is 1. The summed E-state index contributed by atoms with van der Waals surface area (Å²) in [6, 6.07) is 7.78. The molecule has 0 atom stereocenters. The van der Waals surface area contributed by atoms with Crippen LogP contribution in [-0.2, 0) is 10.0 Å². The van der Waals surface area contributed by atoms with Gasteiger partial charge in [0, 0.05) is 23.3 Å². The van der Waals surface area contributed by atoms with Gasteiger partial charge in [-0.2, -0.15) is 0 Å². The molecule has 0 spiro atoms. The summed E-state index contributed by atoms with van der Waals surface area (Å²) in [4.78, 5) is 20.1. The minimum absolute atomic E-state index is 0.00809. The summed E-state index contributed by atoms with van der Waals surface area (Å²) in [5, 5.41) is 7.40. The summed E-state index contributed by atoms with van der Waals surface area (Å²) in [5.74, 6) is -1.12. The summed E-state index contributed by atoms with van der Waals surface area (Å²) in [5.41, 5.74) is 0.594. The summed E-state index contributed by atoms with van der Waals surface area (Å²) in [6.45, 7) is 0. The molecule has 25 heavy (non-hydrogen) atoms. The van der Waals surface area contributed by atoms with Crippen LogP contribution in [0.25, 0.3) is 10.9 Å². The Balaban J connectivity index is 1.96. The number of nitrogens with two attached hydrogens (primary N) is 1. The lowest BCUT2D eigenvalue weighted by atomic mass is 10.1. The van der Waals surface area contributed by atoms with E-state index in [1.165, 1.54) is 36.5 Å². The number of amides is 1. The van der Waals surface area contributed by atoms with Gasteiger partial charge in [0.25, 0.3) is 15.9 Å². The predicted molar refractivity (Wildman–Crippen MR) is 90.3 cm³/mol. The average Bonchev–Trinajstić information content (AvgIpc) is 2.54. The van der Waals surface area contributed by atoms with Crippen LogP contribution in [0, 0.1) is 5.82 Å². The number of sulfonamides is 1. The molecule has 0 radical (unpaired) electrons. The Morgan fingerprint density at radius 2 is 1.96 bits per heavy atom. The van der Waals surface area contributed by atoms with Gasteiger partial charge in [0.15, 0.2) is 5.03 Å². The Kier molecular flexibility index (Phi) is 4.38. The maximum absolute atomic E-state index is 13.3. The van der Waals surface area contributed by atoms with Gasteiger partial charge in [-0.3, -0.25) is 4.79 Å². The van der Waals surface area contributed by atoms with Crippen molar-refractivity contribution < 1.29 is 17.6 Å². The van der Waals surface area contributed by atoms with E-state index >= 15 is 0 Å². The second kappa shape index (κ2) is 6.36. The molecule has 10 heteroatoms. The average molecular weight is 381 g/mol. The number of benzene rings is 1. The number of carbonyl (C=O) groups is 1. The normalized spacial score (nSPS) is 11.5. The molecule has 1 aromatic carbocycles. The number of hydrogen-bond acceptors (Lipinski definition) is 5. The van der Waals surface area contributed by atoms with E-state index in [9.17, 15) is 17.6 Å². The zero-order valence-electron chi connectivity index (χ0n) is 12.4. The molecule has 0 aliphatic rings. The van der Waals surface area contributed by atoms with Gasteiger partial charge in [-0.1, -0.05) is 11.6 Å². The molecule has 2 aromatic heterocycles. The fraction of sp³-hybridized carbons (Fsp3) is 0. The van der Waals surface area contributed by atoms with Crippen LogP contribution in [-0.4, -0.2) is 24.3 Å².